The van der Waals surface area contributed by atoms with Crippen LogP contribution in [0.4, 0.5) is 0 Å². The molecule has 0 aromatic heterocycles. The van der Waals surface area contributed by atoms with E-state index in [0.717, 1.165) is 52.0 Å². The summed E-state index contributed by atoms with van der Waals surface area (Å²) in [5.41, 5.74) is 1.37. The van der Waals surface area contributed by atoms with E-state index in [0.29, 0.717) is 11.9 Å². The minimum absolute atomic E-state index is 0. The van der Waals surface area contributed by atoms with Crippen molar-refractivity contribution in [3.8, 4) is 0 Å². The van der Waals surface area contributed by atoms with Crippen LogP contribution in [0.2, 0.25) is 0 Å². The van der Waals surface area contributed by atoms with Gasteiger partial charge in [0.25, 0.3) is 0 Å². The third-order valence-corrected chi connectivity index (χ3v) is 5.13. The van der Waals surface area contributed by atoms with E-state index >= 15 is 0 Å². The van der Waals surface area contributed by atoms with Crippen LogP contribution in [0.3, 0.4) is 0 Å². The zero-order valence-corrected chi connectivity index (χ0v) is 15.4. The molecule has 5 heteroatoms. The largest absolute Gasteiger partial charge is 0.338 e. The van der Waals surface area contributed by atoms with E-state index in [4.69, 9.17) is 0 Å². The second kappa shape index (κ2) is 9.40. The molecule has 2 aliphatic rings. The molecule has 2 saturated heterocycles. The maximum absolute atomic E-state index is 12.7. The fraction of sp³-hybridized carbons (Fsp3) is 0.632. The molecule has 1 aromatic carbocycles. The number of nitrogens with one attached hydrogen (secondary N) is 1. The van der Waals surface area contributed by atoms with Crippen molar-refractivity contribution < 1.29 is 4.79 Å². The van der Waals surface area contributed by atoms with Gasteiger partial charge in [-0.05, 0) is 31.4 Å². The summed E-state index contributed by atoms with van der Waals surface area (Å²) in [6.45, 7) is 6.96. The van der Waals surface area contributed by atoms with Crippen molar-refractivity contribution in [2.45, 2.75) is 51.2 Å². The lowest BCUT2D eigenvalue weighted by atomic mass is 10.0. The number of piperazine rings is 1. The van der Waals surface area contributed by atoms with Gasteiger partial charge in [-0.1, -0.05) is 43.7 Å². The van der Waals surface area contributed by atoms with Crippen LogP contribution in [-0.4, -0.2) is 54.0 Å². The number of hydrogen-bond acceptors (Lipinski definition) is 3. The Hall–Kier alpha value is -1.10. The fourth-order valence-electron chi connectivity index (χ4n) is 3.84. The van der Waals surface area contributed by atoms with Gasteiger partial charge < -0.3 is 10.2 Å². The Labute approximate surface area is 152 Å². The second-order valence-corrected chi connectivity index (χ2v) is 6.83. The highest BCUT2D eigenvalue weighted by Gasteiger charge is 2.33. The zero-order chi connectivity index (χ0) is 16.1. The van der Waals surface area contributed by atoms with Gasteiger partial charge in [0.15, 0.2) is 0 Å². The number of hydrogen-bond donors (Lipinski definition) is 1. The number of benzene rings is 1. The average molecular weight is 352 g/mol. The summed E-state index contributed by atoms with van der Waals surface area (Å²) in [5, 5.41) is 3.35. The second-order valence-electron chi connectivity index (χ2n) is 6.83. The predicted octanol–water partition coefficient (Wildman–Crippen LogP) is 2.67. The number of halogens is 1. The molecular formula is C19H30ClN3O. The Bertz CT molecular complexity index is 505. The van der Waals surface area contributed by atoms with Gasteiger partial charge in [0.05, 0.1) is 6.04 Å². The van der Waals surface area contributed by atoms with Crippen molar-refractivity contribution in [1.82, 2.24) is 15.1 Å². The van der Waals surface area contributed by atoms with Crippen molar-refractivity contribution >= 4 is 18.3 Å². The van der Waals surface area contributed by atoms with Gasteiger partial charge in [-0.3, -0.25) is 9.69 Å². The number of amides is 1. The van der Waals surface area contributed by atoms with Gasteiger partial charge in [0.2, 0.25) is 5.91 Å². The molecule has 134 valence electrons. The first-order valence-electron chi connectivity index (χ1n) is 9.08. The van der Waals surface area contributed by atoms with Gasteiger partial charge >= 0.3 is 0 Å². The van der Waals surface area contributed by atoms with Gasteiger partial charge in [-0.2, -0.15) is 0 Å². The first-order valence-corrected chi connectivity index (χ1v) is 9.08. The van der Waals surface area contributed by atoms with Crippen LogP contribution in [0.1, 0.15) is 38.2 Å². The molecule has 0 radical (unpaired) electrons. The lowest BCUT2D eigenvalue weighted by Gasteiger charge is -2.42. The highest BCUT2D eigenvalue weighted by Crippen LogP contribution is 2.19. The van der Waals surface area contributed by atoms with E-state index in [1.165, 1.54) is 12.0 Å². The monoisotopic (exact) mass is 351 g/mol. The molecule has 0 spiro atoms. The maximum Gasteiger partial charge on any atom is 0.239 e. The SMILES string of the molecule is CCCC1CN(C(=O)C2CCCN2)CCN1Cc1ccccc1.Cl. The maximum atomic E-state index is 12.7. The van der Waals surface area contributed by atoms with Crippen molar-refractivity contribution in [2.24, 2.45) is 0 Å². The van der Waals surface area contributed by atoms with Gasteiger partial charge in [-0.15, -0.1) is 12.4 Å². The molecule has 0 aliphatic carbocycles. The molecule has 1 amide bonds. The molecule has 0 saturated carbocycles. The third kappa shape index (κ3) is 4.71. The molecule has 2 heterocycles. The molecule has 2 aliphatic heterocycles. The average Bonchev–Trinajstić information content (AvgIpc) is 3.11. The molecule has 2 fully saturated rings. The number of carbonyl (C=O) groups excluding carboxylic acids is 1. The van der Waals surface area contributed by atoms with E-state index in [2.05, 4.69) is 52.4 Å². The van der Waals surface area contributed by atoms with Gasteiger partial charge in [-0.25, -0.2) is 0 Å². The van der Waals surface area contributed by atoms with Crippen molar-refractivity contribution in [1.29, 1.82) is 0 Å². The summed E-state index contributed by atoms with van der Waals surface area (Å²) < 4.78 is 0. The van der Waals surface area contributed by atoms with Crippen molar-refractivity contribution in [3.63, 3.8) is 0 Å². The standard InChI is InChI=1S/C19H29N3O.ClH/c1-2-7-17-15-22(19(23)18-10-6-11-20-18)13-12-21(17)14-16-8-4-3-5-9-16;/h3-5,8-9,17-18,20H,2,6-7,10-15H2,1H3;1H. The van der Waals surface area contributed by atoms with Gasteiger partial charge in [0, 0.05) is 32.2 Å². The Kier molecular flexibility index (Phi) is 7.53. The topological polar surface area (TPSA) is 35.6 Å². The molecular weight excluding hydrogens is 322 g/mol. The van der Waals surface area contributed by atoms with Crippen LogP contribution in [0.15, 0.2) is 30.3 Å². The zero-order valence-electron chi connectivity index (χ0n) is 14.6. The Balaban J connectivity index is 0.00000208. The van der Waals surface area contributed by atoms with Crippen molar-refractivity contribution in [3.05, 3.63) is 35.9 Å². The van der Waals surface area contributed by atoms with E-state index in [1.54, 1.807) is 0 Å². The highest BCUT2D eigenvalue weighted by molar-refractivity contribution is 5.85. The van der Waals surface area contributed by atoms with E-state index in [-0.39, 0.29) is 18.4 Å². The third-order valence-electron chi connectivity index (χ3n) is 5.13. The first kappa shape index (κ1) is 19.2. The smallest absolute Gasteiger partial charge is 0.239 e. The number of nitrogens with zero attached hydrogens (tertiary/aromatic N) is 2. The van der Waals surface area contributed by atoms with Gasteiger partial charge in [0.1, 0.15) is 0 Å². The summed E-state index contributed by atoms with van der Waals surface area (Å²) >= 11 is 0. The number of rotatable bonds is 5. The number of carbonyl (C=O) groups is 1. The molecule has 1 N–H and O–H groups in total. The summed E-state index contributed by atoms with van der Waals surface area (Å²) in [4.78, 5) is 17.3. The summed E-state index contributed by atoms with van der Waals surface area (Å²) in [7, 11) is 0. The van der Waals surface area contributed by atoms with Crippen LogP contribution in [-0.2, 0) is 11.3 Å². The van der Waals surface area contributed by atoms with Crippen LogP contribution in [0.5, 0.6) is 0 Å². The summed E-state index contributed by atoms with van der Waals surface area (Å²) in [5.74, 6) is 0.322. The molecule has 2 atom stereocenters. The normalized spacial score (nSPS) is 24.6. The van der Waals surface area contributed by atoms with Crippen molar-refractivity contribution in [2.75, 3.05) is 26.2 Å². The minimum atomic E-state index is 0. The Morgan fingerprint density at radius 2 is 2.04 bits per heavy atom. The van der Waals surface area contributed by atoms with Crippen LogP contribution >= 0.6 is 12.4 Å². The minimum Gasteiger partial charge on any atom is -0.338 e. The van der Waals surface area contributed by atoms with E-state index < -0.39 is 0 Å². The highest BCUT2D eigenvalue weighted by atomic mass is 35.5. The van der Waals surface area contributed by atoms with Crippen LogP contribution < -0.4 is 5.32 Å². The predicted molar refractivity (Wildman–Crippen MR) is 100 cm³/mol. The quantitative estimate of drug-likeness (QED) is 0.885. The Morgan fingerprint density at radius 1 is 1.25 bits per heavy atom. The lowest BCUT2D eigenvalue weighted by Crippen LogP contribution is -2.57. The Morgan fingerprint density at radius 3 is 2.71 bits per heavy atom. The fourth-order valence-corrected chi connectivity index (χ4v) is 3.84. The van der Waals surface area contributed by atoms with E-state index in [1.807, 2.05) is 0 Å². The molecule has 4 nitrogen and oxygen atoms in total. The molecule has 2 unspecified atom stereocenters. The first-order chi connectivity index (χ1) is 11.3. The molecule has 24 heavy (non-hydrogen) atoms. The van der Waals surface area contributed by atoms with Crippen LogP contribution in [0, 0.1) is 0 Å². The molecule has 3 rings (SSSR count). The summed E-state index contributed by atoms with van der Waals surface area (Å²) in [6.07, 6.45) is 4.46. The van der Waals surface area contributed by atoms with Crippen LogP contribution in [0.25, 0.3) is 0 Å². The lowest BCUT2D eigenvalue weighted by molar-refractivity contribution is -0.136. The summed E-state index contributed by atoms with van der Waals surface area (Å²) in [6, 6.07) is 11.2. The molecule has 0 bridgehead atoms. The molecule has 1 aromatic rings. The van der Waals surface area contributed by atoms with E-state index in [9.17, 15) is 4.79 Å².